The highest BCUT2D eigenvalue weighted by atomic mass is 16.5. The Kier molecular flexibility index (Phi) is 6.72. The molecule has 1 amide bonds. The molecule has 3 aromatic rings. The third kappa shape index (κ3) is 5.17. The smallest absolute Gasteiger partial charge is 0.342 e. The third-order valence-electron chi connectivity index (χ3n) is 4.96. The van der Waals surface area contributed by atoms with Gasteiger partial charge in [-0.25, -0.2) is 4.79 Å². The summed E-state index contributed by atoms with van der Waals surface area (Å²) in [6.45, 7) is 5.82. The normalized spacial score (nSPS) is 12.0. The number of hydrogen-bond acceptors (Lipinski definition) is 4. The SMILES string of the molecule is CC(C)Cc1ccc([C@@H](C)NC(=O)COC(=O)c2ccc3ccccc3c2O)cc1. The molecule has 0 aromatic heterocycles. The van der Waals surface area contributed by atoms with Crippen molar-refractivity contribution in [3.63, 3.8) is 0 Å². The van der Waals surface area contributed by atoms with Crippen LogP contribution in [0, 0.1) is 5.92 Å². The number of amides is 1. The molecule has 0 saturated heterocycles. The molecule has 1 atom stereocenters. The quantitative estimate of drug-likeness (QED) is 0.555. The van der Waals surface area contributed by atoms with Gasteiger partial charge in [0.05, 0.1) is 6.04 Å². The van der Waals surface area contributed by atoms with E-state index in [9.17, 15) is 14.7 Å². The van der Waals surface area contributed by atoms with Crippen LogP contribution in [0.25, 0.3) is 10.8 Å². The Hall–Kier alpha value is -3.34. The average Bonchev–Trinajstić information content (AvgIpc) is 2.72. The molecule has 0 spiro atoms. The van der Waals surface area contributed by atoms with Crippen molar-refractivity contribution in [3.8, 4) is 5.75 Å². The molecular formula is C25H27NO4. The second-order valence-electron chi connectivity index (χ2n) is 7.89. The summed E-state index contributed by atoms with van der Waals surface area (Å²) in [6, 6.07) is 18.4. The molecule has 0 bridgehead atoms. The van der Waals surface area contributed by atoms with Crippen LogP contribution in [0.5, 0.6) is 5.75 Å². The molecule has 0 fully saturated rings. The van der Waals surface area contributed by atoms with Gasteiger partial charge in [-0.2, -0.15) is 0 Å². The van der Waals surface area contributed by atoms with Crippen molar-refractivity contribution in [1.82, 2.24) is 5.32 Å². The Labute approximate surface area is 176 Å². The number of fused-ring (bicyclic) bond motifs is 1. The van der Waals surface area contributed by atoms with Gasteiger partial charge in [-0.05, 0) is 41.8 Å². The number of nitrogens with one attached hydrogen (secondary N) is 1. The number of benzene rings is 3. The summed E-state index contributed by atoms with van der Waals surface area (Å²) >= 11 is 0. The van der Waals surface area contributed by atoms with Gasteiger partial charge in [0.15, 0.2) is 6.61 Å². The fourth-order valence-electron chi connectivity index (χ4n) is 3.41. The number of phenolic OH excluding ortho intramolecular Hbond substituents is 1. The van der Waals surface area contributed by atoms with Crippen molar-refractivity contribution in [2.45, 2.75) is 33.2 Å². The first kappa shape index (κ1) is 21.4. The molecule has 5 nitrogen and oxygen atoms in total. The highest BCUT2D eigenvalue weighted by Crippen LogP contribution is 2.29. The molecule has 2 N–H and O–H groups in total. The summed E-state index contributed by atoms with van der Waals surface area (Å²) in [5.41, 5.74) is 2.28. The van der Waals surface area contributed by atoms with Crippen LogP contribution in [0.1, 0.15) is 48.3 Å². The van der Waals surface area contributed by atoms with Gasteiger partial charge >= 0.3 is 5.97 Å². The number of carbonyl (C=O) groups excluding carboxylic acids is 2. The van der Waals surface area contributed by atoms with E-state index in [-0.39, 0.29) is 17.4 Å². The van der Waals surface area contributed by atoms with E-state index >= 15 is 0 Å². The number of ether oxygens (including phenoxy) is 1. The fourth-order valence-corrected chi connectivity index (χ4v) is 3.41. The molecular weight excluding hydrogens is 378 g/mol. The van der Waals surface area contributed by atoms with Crippen molar-refractivity contribution in [3.05, 3.63) is 77.4 Å². The zero-order valence-electron chi connectivity index (χ0n) is 17.5. The standard InChI is InChI=1S/C25H27NO4/c1-16(2)14-18-8-10-19(11-9-18)17(3)26-23(27)15-30-25(29)22-13-12-20-6-4-5-7-21(20)24(22)28/h4-13,16-17,28H,14-15H2,1-3H3,(H,26,27)/t17-/m1/s1. The lowest BCUT2D eigenvalue weighted by Gasteiger charge is -2.15. The summed E-state index contributed by atoms with van der Waals surface area (Å²) in [5, 5.41) is 14.6. The predicted octanol–water partition coefficient (Wildman–Crippen LogP) is 4.78. The van der Waals surface area contributed by atoms with Gasteiger partial charge in [0, 0.05) is 5.39 Å². The lowest BCUT2D eigenvalue weighted by molar-refractivity contribution is -0.124. The topological polar surface area (TPSA) is 75.6 Å². The Balaban J connectivity index is 1.56. The molecule has 0 radical (unpaired) electrons. The van der Waals surface area contributed by atoms with Gasteiger partial charge in [0.2, 0.25) is 0 Å². The maximum Gasteiger partial charge on any atom is 0.342 e. The summed E-state index contributed by atoms with van der Waals surface area (Å²) in [5.74, 6) is -0.695. The number of esters is 1. The number of carbonyl (C=O) groups is 2. The summed E-state index contributed by atoms with van der Waals surface area (Å²) in [6.07, 6.45) is 1.01. The maximum atomic E-state index is 12.3. The number of phenols is 1. The van der Waals surface area contributed by atoms with E-state index in [0.29, 0.717) is 11.3 Å². The van der Waals surface area contributed by atoms with Gasteiger partial charge in [-0.15, -0.1) is 0 Å². The van der Waals surface area contributed by atoms with Crippen LogP contribution in [0.2, 0.25) is 0 Å². The van der Waals surface area contributed by atoms with Crippen molar-refractivity contribution in [1.29, 1.82) is 0 Å². The van der Waals surface area contributed by atoms with Crippen LogP contribution >= 0.6 is 0 Å². The summed E-state index contributed by atoms with van der Waals surface area (Å²) < 4.78 is 5.11. The van der Waals surface area contributed by atoms with Crippen molar-refractivity contribution in [2.24, 2.45) is 5.92 Å². The first-order valence-corrected chi connectivity index (χ1v) is 10.1. The van der Waals surface area contributed by atoms with Crippen molar-refractivity contribution in [2.75, 3.05) is 6.61 Å². The Morgan fingerprint density at radius 1 is 0.967 bits per heavy atom. The van der Waals surface area contributed by atoms with Crippen LogP contribution in [-0.4, -0.2) is 23.6 Å². The van der Waals surface area contributed by atoms with E-state index in [1.54, 1.807) is 18.2 Å². The minimum atomic E-state index is -0.737. The van der Waals surface area contributed by atoms with Crippen molar-refractivity contribution >= 4 is 22.6 Å². The highest BCUT2D eigenvalue weighted by molar-refractivity contribution is 6.01. The lowest BCUT2D eigenvalue weighted by Crippen LogP contribution is -2.31. The molecule has 0 aliphatic heterocycles. The highest BCUT2D eigenvalue weighted by Gasteiger charge is 2.17. The molecule has 0 aliphatic carbocycles. The largest absolute Gasteiger partial charge is 0.506 e. The van der Waals surface area contributed by atoms with E-state index in [1.807, 2.05) is 31.2 Å². The zero-order chi connectivity index (χ0) is 21.7. The minimum absolute atomic E-state index is 0.0373. The Morgan fingerprint density at radius 3 is 2.37 bits per heavy atom. The van der Waals surface area contributed by atoms with E-state index in [4.69, 9.17) is 4.74 Å². The molecule has 156 valence electrons. The number of rotatable bonds is 7. The first-order valence-electron chi connectivity index (χ1n) is 10.1. The predicted molar refractivity (Wildman–Crippen MR) is 117 cm³/mol. The molecule has 0 aliphatic rings. The minimum Gasteiger partial charge on any atom is -0.506 e. The fraction of sp³-hybridized carbons (Fsp3) is 0.280. The second-order valence-corrected chi connectivity index (χ2v) is 7.89. The number of hydrogen-bond donors (Lipinski definition) is 2. The molecule has 0 saturated carbocycles. The Bertz CT molecular complexity index is 1040. The monoisotopic (exact) mass is 405 g/mol. The van der Waals surface area contributed by atoms with Gasteiger partial charge < -0.3 is 15.2 Å². The van der Waals surface area contributed by atoms with E-state index in [1.165, 1.54) is 11.6 Å². The van der Waals surface area contributed by atoms with Crippen LogP contribution in [0.3, 0.4) is 0 Å². The van der Waals surface area contributed by atoms with Crippen LogP contribution in [0.4, 0.5) is 0 Å². The van der Waals surface area contributed by atoms with Gasteiger partial charge in [-0.3, -0.25) is 4.79 Å². The van der Waals surface area contributed by atoms with E-state index in [0.717, 1.165) is 17.4 Å². The van der Waals surface area contributed by atoms with Gasteiger partial charge in [0.25, 0.3) is 5.91 Å². The third-order valence-corrected chi connectivity index (χ3v) is 4.96. The van der Waals surface area contributed by atoms with Gasteiger partial charge in [-0.1, -0.05) is 68.4 Å². The molecule has 5 heteroatoms. The van der Waals surface area contributed by atoms with Gasteiger partial charge in [0.1, 0.15) is 11.3 Å². The van der Waals surface area contributed by atoms with E-state index in [2.05, 4.69) is 31.3 Å². The summed E-state index contributed by atoms with van der Waals surface area (Å²) in [4.78, 5) is 24.6. The Morgan fingerprint density at radius 2 is 1.67 bits per heavy atom. The zero-order valence-corrected chi connectivity index (χ0v) is 17.5. The average molecular weight is 405 g/mol. The number of aromatic hydroxyl groups is 1. The molecule has 30 heavy (non-hydrogen) atoms. The lowest BCUT2D eigenvalue weighted by atomic mass is 10.00. The maximum absolute atomic E-state index is 12.3. The second kappa shape index (κ2) is 9.44. The molecule has 3 rings (SSSR count). The molecule has 0 heterocycles. The van der Waals surface area contributed by atoms with Crippen LogP contribution in [-0.2, 0) is 16.0 Å². The molecule has 0 unspecified atom stereocenters. The van der Waals surface area contributed by atoms with Crippen molar-refractivity contribution < 1.29 is 19.4 Å². The summed E-state index contributed by atoms with van der Waals surface area (Å²) in [7, 11) is 0. The van der Waals surface area contributed by atoms with E-state index < -0.39 is 18.5 Å². The van der Waals surface area contributed by atoms with Crippen LogP contribution < -0.4 is 5.32 Å². The van der Waals surface area contributed by atoms with Crippen LogP contribution in [0.15, 0.2) is 60.7 Å². The molecule has 3 aromatic carbocycles. The first-order chi connectivity index (χ1) is 14.3.